The minimum atomic E-state index is -0.161. The molecule has 0 aromatic heterocycles. The first kappa shape index (κ1) is 14.2. The van der Waals surface area contributed by atoms with Gasteiger partial charge in [-0.1, -0.05) is 0 Å². The zero-order valence-electron chi connectivity index (χ0n) is 8.23. The molecule has 0 saturated heterocycles. The number of halogens is 1. The second-order valence-electron chi connectivity index (χ2n) is 3.23. The Kier molecular flexibility index (Phi) is 7.19. The first-order chi connectivity index (χ1) is 5.87. The zero-order valence-corrected chi connectivity index (χ0v) is 14.9. The third kappa shape index (κ3) is 8.17. The predicted molar refractivity (Wildman–Crippen MR) is 66.8 cm³/mol. The van der Waals surface area contributed by atoms with E-state index >= 15 is 0 Å². The van der Waals surface area contributed by atoms with E-state index in [0.717, 1.165) is 38.0 Å². The number of nitrogens with one attached hydrogen (secondary N) is 2. The first-order valence-electron chi connectivity index (χ1n) is 4.25. The fourth-order valence-corrected chi connectivity index (χ4v) is 1.93. The molecule has 0 aromatic rings. The van der Waals surface area contributed by atoms with E-state index in [9.17, 15) is 0 Å². The average Bonchev–Trinajstić information content (AvgIpc) is 1.96. The molecule has 0 rings (SSSR count). The fourth-order valence-electron chi connectivity index (χ4n) is 0.899. The molecule has 2 N–H and O–H groups in total. The molecule has 0 amide bonds. The molecule has 74 valence electrons. The molecule has 0 aliphatic rings. The van der Waals surface area contributed by atoms with Gasteiger partial charge >= 0.3 is 112 Å². The van der Waals surface area contributed by atoms with Crippen molar-refractivity contribution >= 4 is 48.4 Å². The van der Waals surface area contributed by atoms with E-state index in [1.165, 1.54) is 3.98 Å². The molecule has 4 heteroatoms. The Morgan fingerprint density at radius 1 is 1.77 bits per heavy atom. The molecule has 0 spiro atoms. The summed E-state index contributed by atoms with van der Waals surface area (Å²) in [5, 5.41) is 6.49. The third-order valence-electron chi connectivity index (χ3n) is 1.46. The van der Waals surface area contributed by atoms with E-state index in [1.807, 2.05) is 13.8 Å². The van der Waals surface area contributed by atoms with Crippen LogP contribution >= 0.6 is 22.6 Å². The summed E-state index contributed by atoms with van der Waals surface area (Å²) >= 11 is 3.29. The molecule has 0 saturated carbocycles. The van der Waals surface area contributed by atoms with Crippen molar-refractivity contribution in [1.82, 2.24) is 10.6 Å². The van der Waals surface area contributed by atoms with E-state index in [4.69, 9.17) is 6.58 Å². The molecule has 2 atom stereocenters. The van der Waals surface area contributed by atoms with Crippen molar-refractivity contribution in [2.45, 2.75) is 27.4 Å². The summed E-state index contributed by atoms with van der Waals surface area (Å²) in [6, 6.07) is 0.163. The summed E-state index contributed by atoms with van der Waals surface area (Å²) in [4.78, 5) is 0. The Morgan fingerprint density at radius 2 is 2.31 bits per heavy atom. The summed E-state index contributed by atoms with van der Waals surface area (Å²) in [5.74, 6) is 0. The molecule has 13 heavy (non-hydrogen) atoms. The van der Waals surface area contributed by atoms with Crippen molar-refractivity contribution in [3.8, 4) is 0 Å². The summed E-state index contributed by atoms with van der Waals surface area (Å²) < 4.78 is 1.09. The van der Waals surface area contributed by atoms with Crippen LogP contribution < -0.4 is 10.6 Å². The molecule has 2 unspecified atom stereocenters. The Labute approximate surface area is 111 Å². The number of alkyl halides is 1. The third-order valence-corrected chi connectivity index (χ3v) is 2.89. The average molecular weight is 484 g/mol. The SMILES string of the molecule is [CH-]=C(NC[CH2][Tl])C(C)NC([CH2-])(C)I. The van der Waals surface area contributed by atoms with Crippen LogP contribution in [0.25, 0.3) is 0 Å². The van der Waals surface area contributed by atoms with Crippen LogP contribution in [0.3, 0.4) is 0 Å². The second-order valence-corrected chi connectivity index (χ2v) is 7.86. The Bertz CT molecular complexity index is 165. The molecule has 0 bridgehead atoms. The quantitative estimate of drug-likeness (QED) is 0.197. The van der Waals surface area contributed by atoms with Crippen molar-refractivity contribution in [3.63, 3.8) is 0 Å². The van der Waals surface area contributed by atoms with E-state index in [1.54, 1.807) is 0 Å². The van der Waals surface area contributed by atoms with E-state index in [2.05, 4.69) is 40.1 Å². The van der Waals surface area contributed by atoms with Gasteiger partial charge < -0.3 is 0 Å². The van der Waals surface area contributed by atoms with Gasteiger partial charge in [-0.3, -0.25) is 0 Å². The van der Waals surface area contributed by atoms with E-state index in [-0.39, 0.29) is 9.59 Å². The predicted octanol–water partition coefficient (Wildman–Crippen LogP) is 1.44. The van der Waals surface area contributed by atoms with Crippen molar-refractivity contribution < 1.29 is 0 Å². The van der Waals surface area contributed by atoms with Gasteiger partial charge in [0.05, 0.1) is 0 Å². The molecule has 0 aromatic carbocycles. The van der Waals surface area contributed by atoms with Gasteiger partial charge in [0.2, 0.25) is 0 Å². The molecular formula is C9H16IN2Tl-2. The topological polar surface area (TPSA) is 24.1 Å². The summed E-state index contributed by atoms with van der Waals surface area (Å²) in [5.41, 5.74) is 0.812. The first-order valence-corrected chi connectivity index (χ1v) is 8.50. The van der Waals surface area contributed by atoms with Crippen LogP contribution in [0.5, 0.6) is 0 Å². The molecule has 0 heterocycles. The van der Waals surface area contributed by atoms with Gasteiger partial charge in [0.1, 0.15) is 0 Å². The minimum absolute atomic E-state index is 0.161. The number of hydrogen-bond donors (Lipinski definition) is 2. The van der Waals surface area contributed by atoms with Gasteiger partial charge in [-0.25, -0.2) is 0 Å². The van der Waals surface area contributed by atoms with Crippen molar-refractivity contribution in [1.29, 1.82) is 0 Å². The normalized spacial score (nSPS) is 17.5. The molecule has 2 nitrogen and oxygen atoms in total. The van der Waals surface area contributed by atoms with Gasteiger partial charge in [-0.05, 0) is 0 Å². The Hall–Kier alpha value is 1.15. The molecule has 0 aliphatic heterocycles. The van der Waals surface area contributed by atoms with Crippen molar-refractivity contribution in [3.05, 3.63) is 19.2 Å². The molecule has 0 radical (unpaired) electrons. The van der Waals surface area contributed by atoms with Crippen LogP contribution in [0.15, 0.2) is 5.70 Å². The number of hydrogen-bond acceptors (Lipinski definition) is 2. The summed E-state index contributed by atoms with van der Waals surface area (Å²) in [7, 11) is 0. The van der Waals surface area contributed by atoms with Crippen LogP contribution in [0, 0.1) is 13.5 Å². The summed E-state index contributed by atoms with van der Waals surface area (Å²) in [6.45, 7) is 14.9. The van der Waals surface area contributed by atoms with Crippen LogP contribution in [-0.4, -0.2) is 41.9 Å². The maximum atomic E-state index is 5.84. The Morgan fingerprint density at radius 3 is 2.69 bits per heavy atom. The molecular weight excluding hydrogens is 467 g/mol. The van der Waals surface area contributed by atoms with Gasteiger partial charge in [-0.15, -0.1) is 0 Å². The standard InChI is InChI=1S/C9H16IN2.Tl/c1-6-11-7(2)8(3)12-9(4,5)10;/h2,8,11-12H,1,4,6H2,3,5H3;/q-2;. The second kappa shape index (κ2) is 6.60. The molecule has 0 fully saturated rings. The van der Waals surface area contributed by atoms with Gasteiger partial charge in [-0.2, -0.15) is 0 Å². The van der Waals surface area contributed by atoms with Crippen molar-refractivity contribution in [2.75, 3.05) is 6.54 Å². The summed E-state index contributed by atoms with van der Waals surface area (Å²) in [6.07, 6.45) is 0. The Balaban J connectivity index is 3.83. The van der Waals surface area contributed by atoms with Crippen LogP contribution in [0.1, 0.15) is 13.8 Å². The maximum absolute atomic E-state index is 5.84. The molecule has 0 aliphatic carbocycles. The van der Waals surface area contributed by atoms with Gasteiger partial charge in [0.25, 0.3) is 0 Å². The van der Waals surface area contributed by atoms with Gasteiger partial charge in [0, 0.05) is 0 Å². The van der Waals surface area contributed by atoms with Crippen molar-refractivity contribution in [2.24, 2.45) is 0 Å². The van der Waals surface area contributed by atoms with Crippen LogP contribution in [0.4, 0.5) is 0 Å². The monoisotopic (exact) mass is 484 g/mol. The number of rotatable bonds is 6. The van der Waals surface area contributed by atoms with Crippen LogP contribution in [-0.2, 0) is 0 Å². The van der Waals surface area contributed by atoms with Crippen LogP contribution in [0.2, 0.25) is 3.98 Å². The van der Waals surface area contributed by atoms with E-state index < -0.39 is 0 Å². The zero-order chi connectivity index (χ0) is 10.5. The fraction of sp³-hybridized carbons (Fsp3) is 0.667. The van der Waals surface area contributed by atoms with Gasteiger partial charge in [0.15, 0.2) is 0 Å². The van der Waals surface area contributed by atoms with E-state index in [0.29, 0.717) is 0 Å².